The van der Waals surface area contributed by atoms with Crippen LogP contribution < -0.4 is 0 Å². The molecule has 0 heterocycles. The predicted octanol–water partition coefficient (Wildman–Crippen LogP) is 5.17. The van der Waals surface area contributed by atoms with E-state index in [2.05, 4.69) is 70.5 Å². The Morgan fingerprint density at radius 2 is 1.44 bits per heavy atom. The molecule has 0 atom stereocenters. The minimum absolute atomic E-state index is 1.05. The van der Waals surface area contributed by atoms with E-state index in [4.69, 9.17) is 0 Å². The summed E-state index contributed by atoms with van der Waals surface area (Å²) in [5, 5.41) is 2.66. The summed E-state index contributed by atoms with van der Waals surface area (Å²) in [4.78, 5) is 0. The first-order valence-corrected chi connectivity index (χ1v) is 6.91. The fraction of sp³-hybridized carbons (Fsp3) is 0.0588. The first-order chi connectivity index (χ1) is 8.81. The summed E-state index contributed by atoms with van der Waals surface area (Å²) < 4.78 is 1.17. The normalized spacial score (nSPS) is 12.5. The Labute approximate surface area is 114 Å². The summed E-state index contributed by atoms with van der Waals surface area (Å²) in [6.07, 6.45) is 1.05. The zero-order chi connectivity index (χ0) is 12.1. The van der Waals surface area contributed by atoms with Crippen LogP contribution >= 0.6 is 15.9 Å². The molecule has 0 bridgehead atoms. The van der Waals surface area contributed by atoms with Gasteiger partial charge in [-0.1, -0.05) is 52.3 Å². The fourth-order valence-corrected chi connectivity index (χ4v) is 3.27. The van der Waals surface area contributed by atoms with Gasteiger partial charge >= 0.3 is 0 Å². The molecular weight excluding hydrogens is 284 g/mol. The second-order valence-corrected chi connectivity index (χ2v) is 5.75. The highest BCUT2D eigenvalue weighted by Crippen LogP contribution is 2.39. The fourth-order valence-electron chi connectivity index (χ4n) is 2.86. The maximum atomic E-state index is 3.55. The zero-order valence-corrected chi connectivity index (χ0v) is 11.4. The standard InChI is InChI=1S/C17H11Br/c18-15-5-6-16-14(9-15)8-13-7-11-3-1-2-4-12(11)10-17(13)16/h1-7,9-10H,8H2. The molecule has 3 aromatic carbocycles. The summed E-state index contributed by atoms with van der Waals surface area (Å²) in [5.74, 6) is 0. The van der Waals surface area contributed by atoms with Gasteiger partial charge in [0.2, 0.25) is 0 Å². The van der Waals surface area contributed by atoms with Crippen molar-refractivity contribution in [3.63, 3.8) is 0 Å². The topological polar surface area (TPSA) is 0 Å². The summed E-state index contributed by atoms with van der Waals surface area (Å²) in [7, 11) is 0. The third-order valence-electron chi connectivity index (χ3n) is 3.71. The highest BCUT2D eigenvalue weighted by atomic mass is 79.9. The van der Waals surface area contributed by atoms with Crippen LogP contribution in [0.15, 0.2) is 59.1 Å². The Hall–Kier alpha value is -1.60. The molecule has 3 aromatic rings. The Bertz CT molecular complexity index is 772. The second-order valence-electron chi connectivity index (χ2n) is 4.83. The average Bonchev–Trinajstić information content (AvgIpc) is 2.72. The van der Waals surface area contributed by atoms with E-state index in [1.54, 1.807) is 0 Å². The zero-order valence-electron chi connectivity index (χ0n) is 9.78. The van der Waals surface area contributed by atoms with Crippen molar-refractivity contribution >= 4 is 26.7 Å². The lowest BCUT2D eigenvalue weighted by molar-refractivity contribution is 1.26. The van der Waals surface area contributed by atoms with Crippen molar-refractivity contribution < 1.29 is 0 Å². The second kappa shape index (κ2) is 3.69. The number of hydrogen-bond acceptors (Lipinski definition) is 0. The number of halogens is 1. The van der Waals surface area contributed by atoms with Gasteiger partial charge in [-0.2, -0.15) is 0 Å². The van der Waals surface area contributed by atoms with E-state index >= 15 is 0 Å². The molecule has 0 unspecified atom stereocenters. The monoisotopic (exact) mass is 294 g/mol. The lowest BCUT2D eigenvalue weighted by atomic mass is 10.0. The van der Waals surface area contributed by atoms with Gasteiger partial charge in [-0.25, -0.2) is 0 Å². The number of rotatable bonds is 0. The molecule has 1 aliphatic rings. The Morgan fingerprint density at radius 3 is 2.28 bits per heavy atom. The van der Waals surface area contributed by atoms with E-state index in [1.807, 2.05) is 0 Å². The molecule has 0 saturated carbocycles. The van der Waals surface area contributed by atoms with Gasteiger partial charge in [0.05, 0.1) is 0 Å². The van der Waals surface area contributed by atoms with E-state index in [0.717, 1.165) is 6.42 Å². The SMILES string of the molecule is Brc1ccc2c(c1)Cc1cc3ccccc3cc1-2. The molecule has 1 aliphatic carbocycles. The van der Waals surface area contributed by atoms with Crippen molar-refractivity contribution in [3.05, 3.63) is 70.2 Å². The summed E-state index contributed by atoms with van der Waals surface area (Å²) in [6, 6.07) is 19.8. The van der Waals surface area contributed by atoms with Crippen LogP contribution in [0.25, 0.3) is 21.9 Å². The van der Waals surface area contributed by atoms with E-state index in [9.17, 15) is 0 Å². The van der Waals surface area contributed by atoms with Gasteiger partial charge < -0.3 is 0 Å². The van der Waals surface area contributed by atoms with Gasteiger partial charge in [-0.3, -0.25) is 0 Å². The van der Waals surface area contributed by atoms with Gasteiger partial charge in [-0.15, -0.1) is 0 Å². The van der Waals surface area contributed by atoms with Crippen molar-refractivity contribution in [2.75, 3.05) is 0 Å². The predicted molar refractivity (Wildman–Crippen MR) is 79.9 cm³/mol. The van der Waals surface area contributed by atoms with Gasteiger partial charge in [0.1, 0.15) is 0 Å². The smallest absolute Gasteiger partial charge is 0.0178 e. The maximum Gasteiger partial charge on any atom is 0.0178 e. The van der Waals surface area contributed by atoms with Gasteiger partial charge in [0.15, 0.2) is 0 Å². The average molecular weight is 295 g/mol. The Morgan fingerprint density at radius 1 is 0.722 bits per heavy atom. The summed E-state index contributed by atoms with van der Waals surface area (Å²) in [6.45, 7) is 0. The van der Waals surface area contributed by atoms with Crippen molar-refractivity contribution in [3.8, 4) is 11.1 Å². The minimum Gasteiger partial charge on any atom is -0.0616 e. The molecule has 18 heavy (non-hydrogen) atoms. The lowest BCUT2D eigenvalue weighted by Gasteiger charge is -2.04. The van der Waals surface area contributed by atoms with Crippen LogP contribution in [0.4, 0.5) is 0 Å². The maximum absolute atomic E-state index is 3.55. The van der Waals surface area contributed by atoms with E-state index in [1.165, 1.54) is 37.5 Å². The molecule has 0 amide bonds. The van der Waals surface area contributed by atoms with Gasteiger partial charge in [0.25, 0.3) is 0 Å². The van der Waals surface area contributed by atoms with Crippen LogP contribution in [-0.2, 0) is 6.42 Å². The molecule has 0 spiro atoms. The molecular formula is C17H11Br. The van der Waals surface area contributed by atoms with Crippen LogP contribution in [-0.4, -0.2) is 0 Å². The van der Waals surface area contributed by atoms with Gasteiger partial charge in [-0.05, 0) is 57.6 Å². The van der Waals surface area contributed by atoms with E-state index < -0.39 is 0 Å². The van der Waals surface area contributed by atoms with Gasteiger partial charge in [0, 0.05) is 4.47 Å². The highest BCUT2D eigenvalue weighted by molar-refractivity contribution is 9.10. The van der Waals surface area contributed by atoms with E-state index in [0.29, 0.717) is 0 Å². The van der Waals surface area contributed by atoms with Crippen LogP contribution in [0.2, 0.25) is 0 Å². The molecule has 0 N–H and O–H groups in total. The molecule has 0 fully saturated rings. The largest absolute Gasteiger partial charge is 0.0616 e. The quantitative estimate of drug-likeness (QED) is 0.419. The number of benzene rings is 3. The minimum atomic E-state index is 1.05. The molecule has 0 saturated heterocycles. The van der Waals surface area contributed by atoms with Crippen LogP contribution in [0.5, 0.6) is 0 Å². The van der Waals surface area contributed by atoms with Crippen LogP contribution in [0.1, 0.15) is 11.1 Å². The molecule has 0 aromatic heterocycles. The summed E-state index contributed by atoms with van der Waals surface area (Å²) in [5.41, 5.74) is 5.66. The number of hydrogen-bond donors (Lipinski definition) is 0. The summed E-state index contributed by atoms with van der Waals surface area (Å²) >= 11 is 3.55. The Balaban J connectivity index is 2.03. The van der Waals surface area contributed by atoms with Crippen LogP contribution in [0.3, 0.4) is 0 Å². The third-order valence-corrected chi connectivity index (χ3v) is 4.20. The molecule has 0 nitrogen and oxygen atoms in total. The first kappa shape index (κ1) is 10.3. The molecule has 4 rings (SSSR count). The van der Waals surface area contributed by atoms with E-state index in [-0.39, 0.29) is 0 Å². The number of fused-ring (bicyclic) bond motifs is 4. The van der Waals surface area contributed by atoms with Crippen molar-refractivity contribution in [2.24, 2.45) is 0 Å². The highest BCUT2D eigenvalue weighted by Gasteiger charge is 2.18. The third kappa shape index (κ3) is 1.44. The molecule has 86 valence electrons. The first-order valence-electron chi connectivity index (χ1n) is 6.12. The van der Waals surface area contributed by atoms with Crippen LogP contribution in [0, 0.1) is 0 Å². The van der Waals surface area contributed by atoms with Crippen molar-refractivity contribution in [1.82, 2.24) is 0 Å². The molecule has 0 radical (unpaired) electrons. The van der Waals surface area contributed by atoms with Crippen molar-refractivity contribution in [1.29, 1.82) is 0 Å². The Kier molecular flexibility index (Phi) is 2.12. The van der Waals surface area contributed by atoms with Crippen molar-refractivity contribution in [2.45, 2.75) is 6.42 Å². The molecule has 1 heteroatoms. The molecule has 0 aliphatic heterocycles. The lowest BCUT2D eigenvalue weighted by Crippen LogP contribution is -1.81.